The number of nitrogens with zero attached hydrogens (tertiary/aromatic N) is 4. The van der Waals surface area contributed by atoms with Gasteiger partial charge >= 0.3 is 0 Å². The van der Waals surface area contributed by atoms with E-state index in [1.54, 1.807) is 24.7 Å². The number of halogens is 1. The molecular formula is C27H24FN5O2. The lowest BCUT2D eigenvalue weighted by atomic mass is 10.1. The van der Waals surface area contributed by atoms with Gasteiger partial charge in [0.05, 0.1) is 35.8 Å². The van der Waals surface area contributed by atoms with Crippen LogP contribution in [0.3, 0.4) is 0 Å². The molecule has 8 heteroatoms. The first-order valence-electron chi connectivity index (χ1n) is 11.7. The van der Waals surface area contributed by atoms with Gasteiger partial charge in [-0.2, -0.15) is 5.10 Å². The zero-order valence-electron chi connectivity index (χ0n) is 19.0. The van der Waals surface area contributed by atoms with E-state index in [1.807, 2.05) is 42.5 Å². The van der Waals surface area contributed by atoms with Crippen molar-refractivity contribution in [1.82, 2.24) is 20.2 Å². The van der Waals surface area contributed by atoms with Crippen LogP contribution < -0.4 is 9.64 Å². The Labute approximate surface area is 201 Å². The number of aromatic amines is 1. The number of anilines is 2. The average Bonchev–Trinajstić information content (AvgIpc) is 3.36. The van der Waals surface area contributed by atoms with E-state index in [4.69, 9.17) is 14.5 Å². The summed E-state index contributed by atoms with van der Waals surface area (Å²) in [6, 6.07) is 18.5. The van der Waals surface area contributed by atoms with Crippen LogP contribution in [-0.4, -0.2) is 39.5 Å². The van der Waals surface area contributed by atoms with Crippen LogP contribution in [0.25, 0.3) is 21.8 Å². The molecule has 1 N–H and O–H groups in total. The van der Waals surface area contributed by atoms with Crippen molar-refractivity contribution in [3.05, 3.63) is 84.6 Å². The summed E-state index contributed by atoms with van der Waals surface area (Å²) >= 11 is 0. The van der Waals surface area contributed by atoms with E-state index in [0.29, 0.717) is 25.6 Å². The van der Waals surface area contributed by atoms with Gasteiger partial charge in [0.2, 0.25) is 0 Å². The molecule has 5 aromatic rings. The van der Waals surface area contributed by atoms with Gasteiger partial charge in [-0.1, -0.05) is 18.2 Å². The van der Waals surface area contributed by atoms with Crippen molar-refractivity contribution in [3.63, 3.8) is 0 Å². The third kappa shape index (κ3) is 4.40. The fraction of sp³-hybridized carbons (Fsp3) is 0.222. The van der Waals surface area contributed by atoms with Gasteiger partial charge in [-0.15, -0.1) is 0 Å². The fourth-order valence-corrected chi connectivity index (χ4v) is 4.54. The molecule has 2 aromatic heterocycles. The number of aromatic nitrogens is 4. The number of hydrogen-bond donors (Lipinski definition) is 1. The molecule has 6 rings (SSSR count). The number of benzene rings is 3. The van der Waals surface area contributed by atoms with Crippen LogP contribution >= 0.6 is 0 Å². The Kier molecular flexibility index (Phi) is 5.71. The highest BCUT2D eigenvalue weighted by Crippen LogP contribution is 2.38. The summed E-state index contributed by atoms with van der Waals surface area (Å²) in [5, 5.41) is 8.94. The average molecular weight is 470 g/mol. The second-order valence-electron chi connectivity index (χ2n) is 8.63. The van der Waals surface area contributed by atoms with Gasteiger partial charge in [-0.25, -0.2) is 14.4 Å². The summed E-state index contributed by atoms with van der Waals surface area (Å²) < 4.78 is 26.0. The molecule has 1 aliphatic rings. The lowest BCUT2D eigenvalue weighted by Gasteiger charge is -2.28. The molecule has 0 atom stereocenters. The zero-order chi connectivity index (χ0) is 23.6. The van der Waals surface area contributed by atoms with Crippen LogP contribution in [0.2, 0.25) is 0 Å². The van der Waals surface area contributed by atoms with E-state index >= 15 is 0 Å². The molecule has 176 valence electrons. The van der Waals surface area contributed by atoms with Crippen LogP contribution in [0, 0.1) is 5.82 Å². The topological polar surface area (TPSA) is 76.2 Å². The molecule has 7 nitrogen and oxygen atoms in total. The molecule has 1 saturated heterocycles. The van der Waals surface area contributed by atoms with Crippen molar-refractivity contribution in [3.8, 4) is 5.75 Å². The van der Waals surface area contributed by atoms with Gasteiger partial charge in [0.25, 0.3) is 0 Å². The molecule has 0 amide bonds. The summed E-state index contributed by atoms with van der Waals surface area (Å²) in [4.78, 5) is 11.3. The Bertz CT molecular complexity index is 1480. The monoisotopic (exact) mass is 469 g/mol. The highest BCUT2D eigenvalue weighted by molar-refractivity contribution is 5.97. The van der Waals surface area contributed by atoms with Crippen LogP contribution in [0.4, 0.5) is 15.9 Å². The van der Waals surface area contributed by atoms with E-state index < -0.39 is 0 Å². The fourth-order valence-electron chi connectivity index (χ4n) is 4.54. The van der Waals surface area contributed by atoms with Gasteiger partial charge in [-0.3, -0.25) is 5.10 Å². The van der Waals surface area contributed by atoms with Crippen molar-refractivity contribution in [2.24, 2.45) is 0 Å². The minimum atomic E-state index is -0.274. The maximum absolute atomic E-state index is 14.1. The van der Waals surface area contributed by atoms with Crippen molar-refractivity contribution in [2.75, 3.05) is 18.1 Å². The molecule has 0 spiro atoms. The SMILES string of the molecule is Fc1cccc(CN(c2ccc3[nH]ncc3c2)c2ncnc3cccc(OC4CCOCC4)c23)c1. The summed E-state index contributed by atoms with van der Waals surface area (Å²) in [5.74, 6) is 1.16. The summed E-state index contributed by atoms with van der Waals surface area (Å²) in [7, 11) is 0. The maximum atomic E-state index is 14.1. The second-order valence-corrected chi connectivity index (χ2v) is 8.63. The standard InChI is InChI=1S/C27H24FN5O2/c28-20-4-1-3-18(13-20)16-33(21-7-8-23-19(14-21)15-31-32-23)27-26-24(29-17-30-27)5-2-6-25(26)35-22-9-11-34-12-10-22/h1-8,13-15,17,22H,9-12,16H2,(H,31,32). The summed E-state index contributed by atoms with van der Waals surface area (Å²) in [5.41, 5.74) is 3.46. The second kappa shape index (κ2) is 9.31. The predicted molar refractivity (Wildman–Crippen MR) is 132 cm³/mol. The van der Waals surface area contributed by atoms with Crippen molar-refractivity contribution in [2.45, 2.75) is 25.5 Å². The summed E-state index contributed by atoms with van der Waals surface area (Å²) in [6.45, 7) is 1.79. The quantitative estimate of drug-likeness (QED) is 0.352. The molecule has 1 fully saturated rings. The van der Waals surface area contributed by atoms with Crippen molar-refractivity contribution in [1.29, 1.82) is 0 Å². The highest BCUT2D eigenvalue weighted by Gasteiger charge is 2.22. The minimum absolute atomic E-state index is 0.0707. The third-order valence-corrected chi connectivity index (χ3v) is 6.29. The van der Waals surface area contributed by atoms with Crippen LogP contribution in [0.1, 0.15) is 18.4 Å². The Morgan fingerprint density at radius 2 is 1.91 bits per heavy atom. The Balaban J connectivity index is 1.50. The Hall–Kier alpha value is -4.04. The van der Waals surface area contributed by atoms with Gasteiger partial charge < -0.3 is 14.4 Å². The molecule has 0 saturated carbocycles. The zero-order valence-corrected chi connectivity index (χ0v) is 19.0. The molecule has 3 aromatic carbocycles. The molecule has 3 heterocycles. The van der Waals surface area contributed by atoms with Crippen molar-refractivity contribution < 1.29 is 13.9 Å². The smallest absolute Gasteiger partial charge is 0.148 e. The summed E-state index contributed by atoms with van der Waals surface area (Å²) in [6.07, 6.45) is 5.09. The number of hydrogen-bond acceptors (Lipinski definition) is 6. The first-order valence-corrected chi connectivity index (χ1v) is 11.7. The highest BCUT2D eigenvalue weighted by atomic mass is 19.1. The number of ether oxygens (including phenoxy) is 2. The van der Waals surface area contributed by atoms with Crippen LogP contribution in [0.15, 0.2) is 73.2 Å². The predicted octanol–water partition coefficient (Wildman–Crippen LogP) is 5.54. The molecule has 1 aliphatic heterocycles. The van der Waals surface area contributed by atoms with Crippen LogP contribution in [0.5, 0.6) is 5.75 Å². The third-order valence-electron chi connectivity index (χ3n) is 6.29. The van der Waals surface area contributed by atoms with E-state index in [2.05, 4.69) is 20.1 Å². The molecule has 0 aliphatic carbocycles. The van der Waals surface area contributed by atoms with Gasteiger partial charge in [0, 0.05) is 30.5 Å². The van der Waals surface area contributed by atoms with E-state index in [1.165, 1.54) is 6.07 Å². The largest absolute Gasteiger partial charge is 0.489 e. The first kappa shape index (κ1) is 21.5. The Morgan fingerprint density at radius 3 is 2.80 bits per heavy atom. The van der Waals surface area contributed by atoms with Crippen LogP contribution in [-0.2, 0) is 11.3 Å². The van der Waals surface area contributed by atoms with Gasteiger partial charge in [0.1, 0.15) is 29.8 Å². The molecule has 35 heavy (non-hydrogen) atoms. The molecular weight excluding hydrogens is 445 g/mol. The van der Waals surface area contributed by atoms with E-state index in [0.717, 1.165) is 51.6 Å². The molecule has 0 unspecified atom stereocenters. The maximum Gasteiger partial charge on any atom is 0.148 e. The van der Waals surface area contributed by atoms with E-state index in [-0.39, 0.29) is 11.9 Å². The lowest BCUT2D eigenvalue weighted by Crippen LogP contribution is -2.26. The number of rotatable bonds is 6. The van der Waals surface area contributed by atoms with Gasteiger partial charge in [-0.05, 0) is 48.0 Å². The molecule has 0 bridgehead atoms. The normalized spacial score (nSPS) is 14.4. The number of nitrogens with one attached hydrogen (secondary N) is 1. The number of fused-ring (bicyclic) bond motifs is 2. The minimum Gasteiger partial charge on any atom is -0.489 e. The Morgan fingerprint density at radius 1 is 1.03 bits per heavy atom. The van der Waals surface area contributed by atoms with Gasteiger partial charge in [0.15, 0.2) is 0 Å². The van der Waals surface area contributed by atoms with Crippen molar-refractivity contribution >= 4 is 33.3 Å². The molecule has 0 radical (unpaired) electrons. The first-order chi connectivity index (χ1) is 17.2. The lowest BCUT2D eigenvalue weighted by molar-refractivity contribution is 0.0262. The van der Waals surface area contributed by atoms with E-state index in [9.17, 15) is 4.39 Å². The number of H-pyrrole nitrogens is 1.